The van der Waals surface area contributed by atoms with Gasteiger partial charge in [0, 0.05) is 45.3 Å². The molecule has 0 unspecified atom stereocenters. The minimum Gasteiger partial charge on any atom is -0.390 e. The van der Waals surface area contributed by atoms with Gasteiger partial charge in [-0.2, -0.15) is 0 Å². The molecule has 0 aromatic heterocycles. The van der Waals surface area contributed by atoms with E-state index in [1.54, 1.807) is 6.07 Å². The van der Waals surface area contributed by atoms with E-state index in [-0.39, 0.29) is 18.0 Å². The number of hydrogen-bond donors (Lipinski definition) is 1. The Morgan fingerprint density at radius 3 is 2.32 bits per heavy atom. The molecule has 1 N–H and O–H groups in total. The molecule has 4 rings (SSSR count). The minimum atomic E-state index is -0.315. The van der Waals surface area contributed by atoms with Gasteiger partial charge in [0.15, 0.2) is 0 Å². The summed E-state index contributed by atoms with van der Waals surface area (Å²) in [5, 5.41) is 10.8. The van der Waals surface area contributed by atoms with Gasteiger partial charge in [-0.25, -0.2) is 4.39 Å². The Hall–Kier alpha value is -1.95. The van der Waals surface area contributed by atoms with Crippen LogP contribution in [0.15, 0.2) is 54.6 Å². The van der Waals surface area contributed by atoms with Crippen LogP contribution in [0.1, 0.15) is 12.0 Å². The van der Waals surface area contributed by atoms with E-state index >= 15 is 0 Å². The number of aliphatic hydroxyl groups is 1. The van der Waals surface area contributed by atoms with Crippen LogP contribution in [0.3, 0.4) is 0 Å². The molecule has 2 aromatic rings. The van der Waals surface area contributed by atoms with Gasteiger partial charge in [0.05, 0.1) is 11.8 Å². The van der Waals surface area contributed by atoms with Gasteiger partial charge >= 0.3 is 0 Å². The van der Waals surface area contributed by atoms with Crippen molar-refractivity contribution in [3.63, 3.8) is 0 Å². The second kappa shape index (κ2) is 9.03. The number of para-hydroxylation sites is 1. The Labute approximate surface area is 167 Å². The second-order valence-corrected chi connectivity index (χ2v) is 7.93. The van der Waals surface area contributed by atoms with E-state index < -0.39 is 0 Å². The topological polar surface area (TPSA) is 30.0 Å². The summed E-state index contributed by atoms with van der Waals surface area (Å²) < 4.78 is 14.0. The number of halogens is 1. The first-order valence-electron chi connectivity index (χ1n) is 10.4. The Kier molecular flexibility index (Phi) is 6.25. The first-order valence-corrected chi connectivity index (χ1v) is 10.4. The third kappa shape index (κ3) is 4.54. The Balaban J connectivity index is 1.26. The predicted molar refractivity (Wildman–Crippen MR) is 111 cm³/mol. The predicted octanol–water partition coefficient (Wildman–Crippen LogP) is 2.63. The smallest absolute Gasteiger partial charge is 0.146 e. The molecular formula is C23H30FN3O. The molecule has 2 heterocycles. The summed E-state index contributed by atoms with van der Waals surface area (Å²) in [6.07, 6.45) is 1.71. The molecule has 5 heteroatoms. The summed E-state index contributed by atoms with van der Waals surface area (Å²) in [4.78, 5) is 6.90. The van der Waals surface area contributed by atoms with Crippen LogP contribution >= 0.6 is 0 Å². The van der Waals surface area contributed by atoms with E-state index in [0.29, 0.717) is 5.69 Å². The standard InChI is InChI=1S/C23H30FN3O/c24-20-8-4-5-9-21(20)26-14-16-27(17-15-26)22-11-13-25(18-23(22)28)12-10-19-6-2-1-3-7-19/h1-9,22-23,28H,10-18H2/t22-,23-/m1/s1. The highest BCUT2D eigenvalue weighted by molar-refractivity contribution is 5.48. The molecule has 28 heavy (non-hydrogen) atoms. The highest BCUT2D eigenvalue weighted by Gasteiger charge is 2.33. The van der Waals surface area contributed by atoms with Gasteiger partial charge in [0.2, 0.25) is 0 Å². The average Bonchev–Trinajstić information content (AvgIpc) is 2.74. The molecule has 0 bridgehead atoms. The largest absolute Gasteiger partial charge is 0.390 e. The third-order valence-electron chi connectivity index (χ3n) is 6.17. The number of hydrogen-bond acceptors (Lipinski definition) is 4. The van der Waals surface area contributed by atoms with Crippen LogP contribution in [0.5, 0.6) is 0 Å². The van der Waals surface area contributed by atoms with Gasteiger partial charge in [-0.1, -0.05) is 42.5 Å². The second-order valence-electron chi connectivity index (χ2n) is 7.93. The lowest BCUT2D eigenvalue weighted by Crippen LogP contribution is -2.59. The van der Waals surface area contributed by atoms with Crippen LogP contribution in [0.25, 0.3) is 0 Å². The molecule has 0 amide bonds. The maximum absolute atomic E-state index is 14.0. The van der Waals surface area contributed by atoms with Gasteiger partial charge in [-0.05, 0) is 37.1 Å². The van der Waals surface area contributed by atoms with Crippen LogP contribution in [0.4, 0.5) is 10.1 Å². The van der Waals surface area contributed by atoms with E-state index in [1.807, 2.05) is 18.2 Å². The van der Waals surface area contributed by atoms with Crippen molar-refractivity contribution < 1.29 is 9.50 Å². The highest BCUT2D eigenvalue weighted by atomic mass is 19.1. The number of benzene rings is 2. The molecule has 2 aromatic carbocycles. The van der Waals surface area contributed by atoms with E-state index in [0.717, 1.165) is 58.7 Å². The summed E-state index contributed by atoms with van der Waals surface area (Å²) in [6.45, 7) is 6.13. The molecule has 4 nitrogen and oxygen atoms in total. The van der Waals surface area contributed by atoms with Crippen LogP contribution in [-0.4, -0.2) is 72.9 Å². The summed E-state index contributed by atoms with van der Waals surface area (Å²) in [5.41, 5.74) is 2.04. The normalized spacial score (nSPS) is 24.4. The van der Waals surface area contributed by atoms with Crippen molar-refractivity contribution in [1.82, 2.24) is 9.80 Å². The molecule has 150 valence electrons. The Bertz CT molecular complexity index is 749. The van der Waals surface area contributed by atoms with Crippen molar-refractivity contribution in [3.8, 4) is 0 Å². The fraction of sp³-hybridized carbons (Fsp3) is 0.478. The quantitative estimate of drug-likeness (QED) is 0.860. The fourth-order valence-electron chi connectivity index (χ4n) is 4.55. The average molecular weight is 384 g/mol. The number of nitrogens with zero attached hydrogens (tertiary/aromatic N) is 3. The minimum absolute atomic E-state index is 0.150. The Morgan fingerprint density at radius 1 is 0.893 bits per heavy atom. The van der Waals surface area contributed by atoms with Gasteiger partial charge in [0.1, 0.15) is 5.82 Å². The molecular weight excluding hydrogens is 353 g/mol. The van der Waals surface area contributed by atoms with E-state index in [2.05, 4.69) is 39.0 Å². The summed E-state index contributed by atoms with van der Waals surface area (Å²) in [5.74, 6) is -0.150. The van der Waals surface area contributed by atoms with Crippen LogP contribution in [0, 0.1) is 5.82 Å². The summed E-state index contributed by atoms with van der Waals surface area (Å²) in [6, 6.07) is 17.8. The zero-order valence-electron chi connectivity index (χ0n) is 16.4. The zero-order valence-corrected chi connectivity index (χ0v) is 16.4. The van der Waals surface area contributed by atoms with Crippen molar-refractivity contribution in [3.05, 3.63) is 66.0 Å². The van der Waals surface area contributed by atoms with Crippen molar-refractivity contribution in [2.24, 2.45) is 0 Å². The number of β-amino-alcohol motifs (C(OH)–C–C–N with tert-alkyl or cyclic N) is 1. The molecule has 0 aliphatic carbocycles. The number of anilines is 1. The molecule has 2 saturated heterocycles. The van der Waals surface area contributed by atoms with Gasteiger partial charge < -0.3 is 14.9 Å². The summed E-state index contributed by atoms with van der Waals surface area (Å²) in [7, 11) is 0. The maximum Gasteiger partial charge on any atom is 0.146 e. The molecule has 0 radical (unpaired) electrons. The van der Waals surface area contributed by atoms with Gasteiger partial charge in [0.25, 0.3) is 0 Å². The van der Waals surface area contributed by atoms with E-state index in [1.165, 1.54) is 11.6 Å². The first-order chi connectivity index (χ1) is 13.7. The number of aliphatic hydroxyl groups excluding tert-OH is 1. The SMILES string of the molecule is O[C@@H]1CN(CCc2ccccc2)CC[C@H]1N1CCN(c2ccccc2F)CC1. The number of likely N-dealkylation sites (tertiary alicyclic amines) is 1. The lowest BCUT2D eigenvalue weighted by Gasteiger charge is -2.45. The number of rotatable bonds is 5. The highest BCUT2D eigenvalue weighted by Crippen LogP contribution is 2.23. The van der Waals surface area contributed by atoms with Gasteiger partial charge in [-0.15, -0.1) is 0 Å². The number of piperidine rings is 1. The molecule has 2 atom stereocenters. The Morgan fingerprint density at radius 2 is 1.61 bits per heavy atom. The maximum atomic E-state index is 14.0. The van der Waals surface area contributed by atoms with Crippen LogP contribution in [0.2, 0.25) is 0 Å². The third-order valence-corrected chi connectivity index (χ3v) is 6.17. The monoisotopic (exact) mass is 383 g/mol. The van der Waals surface area contributed by atoms with Crippen LogP contribution in [-0.2, 0) is 6.42 Å². The summed E-state index contributed by atoms with van der Waals surface area (Å²) >= 11 is 0. The fourth-order valence-corrected chi connectivity index (χ4v) is 4.55. The van der Waals surface area contributed by atoms with E-state index in [4.69, 9.17) is 0 Å². The van der Waals surface area contributed by atoms with Crippen molar-refractivity contribution in [2.75, 3.05) is 50.7 Å². The van der Waals surface area contributed by atoms with E-state index in [9.17, 15) is 9.50 Å². The van der Waals surface area contributed by atoms with Crippen molar-refractivity contribution >= 4 is 5.69 Å². The van der Waals surface area contributed by atoms with Crippen molar-refractivity contribution in [1.29, 1.82) is 0 Å². The molecule has 2 aliphatic rings. The zero-order chi connectivity index (χ0) is 19.3. The lowest BCUT2D eigenvalue weighted by atomic mass is 9.98. The van der Waals surface area contributed by atoms with Crippen molar-refractivity contribution in [2.45, 2.75) is 25.0 Å². The molecule has 0 saturated carbocycles. The lowest BCUT2D eigenvalue weighted by molar-refractivity contribution is -0.0145. The van der Waals surface area contributed by atoms with Crippen LogP contribution < -0.4 is 4.90 Å². The molecule has 2 aliphatic heterocycles. The molecule has 0 spiro atoms. The first kappa shape index (κ1) is 19.4. The number of piperazine rings is 1. The molecule has 2 fully saturated rings. The van der Waals surface area contributed by atoms with Gasteiger partial charge in [-0.3, -0.25) is 4.90 Å².